The van der Waals surface area contributed by atoms with E-state index in [-0.39, 0.29) is 5.91 Å². The van der Waals surface area contributed by atoms with Crippen molar-refractivity contribution >= 4 is 11.9 Å². The maximum atomic E-state index is 11.3. The van der Waals surface area contributed by atoms with Gasteiger partial charge in [0, 0.05) is 18.7 Å². The van der Waals surface area contributed by atoms with Gasteiger partial charge in [-0.2, -0.15) is 0 Å². The standard InChI is InChI=1S/C11H20N2O3/c1-4-12-10(14)8-13(5-2)7-6-9(3)11(15)16/h6H,4-5,7-8H2,1-3H3,(H,12,14)(H,15,16). The molecule has 5 heteroatoms. The van der Waals surface area contributed by atoms with Gasteiger partial charge in [0.05, 0.1) is 6.54 Å². The van der Waals surface area contributed by atoms with Crippen LogP contribution in [-0.4, -0.2) is 48.1 Å². The summed E-state index contributed by atoms with van der Waals surface area (Å²) in [5, 5.41) is 11.4. The molecule has 0 saturated heterocycles. The number of hydrogen-bond donors (Lipinski definition) is 2. The van der Waals surface area contributed by atoms with Crippen molar-refractivity contribution in [3.8, 4) is 0 Å². The van der Waals surface area contributed by atoms with Crippen molar-refractivity contribution in [2.24, 2.45) is 0 Å². The molecule has 0 aliphatic rings. The van der Waals surface area contributed by atoms with Gasteiger partial charge in [-0.05, 0) is 20.4 Å². The van der Waals surface area contributed by atoms with Crippen molar-refractivity contribution in [2.45, 2.75) is 20.8 Å². The molecule has 0 spiro atoms. The SMILES string of the molecule is CCNC(=O)CN(CC)CC=C(C)C(=O)O. The number of rotatable bonds is 7. The van der Waals surface area contributed by atoms with Gasteiger partial charge in [-0.3, -0.25) is 9.69 Å². The van der Waals surface area contributed by atoms with Crippen LogP contribution in [0.2, 0.25) is 0 Å². The number of nitrogens with one attached hydrogen (secondary N) is 1. The van der Waals surface area contributed by atoms with E-state index < -0.39 is 5.97 Å². The topological polar surface area (TPSA) is 69.6 Å². The first-order chi connectivity index (χ1) is 7.51. The minimum atomic E-state index is -0.922. The summed E-state index contributed by atoms with van der Waals surface area (Å²) in [4.78, 5) is 23.7. The molecule has 0 aliphatic heterocycles. The Bertz CT molecular complexity index is 274. The molecule has 92 valence electrons. The van der Waals surface area contributed by atoms with Crippen LogP contribution in [0.25, 0.3) is 0 Å². The number of carboxylic acids is 1. The van der Waals surface area contributed by atoms with Crippen LogP contribution in [0.4, 0.5) is 0 Å². The second-order valence-electron chi connectivity index (χ2n) is 3.47. The van der Waals surface area contributed by atoms with Gasteiger partial charge in [-0.1, -0.05) is 13.0 Å². The van der Waals surface area contributed by atoms with E-state index in [1.54, 1.807) is 13.0 Å². The number of nitrogens with zero attached hydrogens (tertiary/aromatic N) is 1. The maximum Gasteiger partial charge on any atom is 0.330 e. The Morgan fingerprint density at radius 2 is 2.00 bits per heavy atom. The van der Waals surface area contributed by atoms with Crippen LogP contribution >= 0.6 is 0 Å². The summed E-state index contributed by atoms with van der Waals surface area (Å²) >= 11 is 0. The molecular formula is C11H20N2O3. The smallest absolute Gasteiger partial charge is 0.330 e. The second-order valence-corrected chi connectivity index (χ2v) is 3.47. The molecule has 0 aromatic carbocycles. The lowest BCUT2D eigenvalue weighted by Gasteiger charge is -2.17. The molecule has 0 heterocycles. The molecule has 0 radical (unpaired) electrons. The first kappa shape index (κ1) is 14.6. The third-order valence-corrected chi connectivity index (χ3v) is 2.18. The first-order valence-electron chi connectivity index (χ1n) is 5.40. The monoisotopic (exact) mass is 228 g/mol. The molecule has 0 fully saturated rings. The van der Waals surface area contributed by atoms with Gasteiger partial charge in [-0.15, -0.1) is 0 Å². The van der Waals surface area contributed by atoms with Crippen molar-refractivity contribution in [1.29, 1.82) is 0 Å². The number of aliphatic carboxylic acids is 1. The second kappa shape index (κ2) is 7.87. The predicted molar refractivity (Wildman–Crippen MR) is 62.2 cm³/mol. The van der Waals surface area contributed by atoms with Crippen LogP contribution in [0.5, 0.6) is 0 Å². The predicted octanol–water partition coefficient (Wildman–Crippen LogP) is 0.475. The van der Waals surface area contributed by atoms with Crippen molar-refractivity contribution in [3.05, 3.63) is 11.6 Å². The fraction of sp³-hybridized carbons (Fsp3) is 0.636. The molecule has 5 nitrogen and oxygen atoms in total. The molecule has 0 bridgehead atoms. The van der Waals surface area contributed by atoms with Crippen molar-refractivity contribution < 1.29 is 14.7 Å². The Hall–Kier alpha value is -1.36. The molecule has 0 aliphatic carbocycles. The van der Waals surface area contributed by atoms with E-state index in [4.69, 9.17) is 5.11 Å². The van der Waals surface area contributed by atoms with Gasteiger partial charge >= 0.3 is 5.97 Å². The first-order valence-corrected chi connectivity index (χ1v) is 5.40. The zero-order valence-corrected chi connectivity index (χ0v) is 10.1. The summed E-state index contributed by atoms with van der Waals surface area (Å²) in [6, 6.07) is 0. The van der Waals surface area contributed by atoms with Crippen LogP contribution in [0.3, 0.4) is 0 Å². The van der Waals surface area contributed by atoms with E-state index in [0.29, 0.717) is 31.8 Å². The molecule has 0 saturated carbocycles. The maximum absolute atomic E-state index is 11.3. The molecule has 0 aromatic heterocycles. The van der Waals surface area contributed by atoms with E-state index in [1.165, 1.54) is 0 Å². The third kappa shape index (κ3) is 6.19. The Morgan fingerprint density at radius 1 is 1.38 bits per heavy atom. The fourth-order valence-electron chi connectivity index (χ4n) is 1.11. The van der Waals surface area contributed by atoms with Crippen LogP contribution < -0.4 is 5.32 Å². The summed E-state index contributed by atoms with van der Waals surface area (Å²) in [7, 11) is 0. The summed E-state index contributed by atoms with van der Waals surface area (Å²) in [5.41, 5.74) is 0.300. The molecule has 16 heavy (non-hydrogen) atoms. The number of hydrogen-bond acceptors (Lipinski definition) is 3. The summed E-state index contributed by atoms with van der Waals surface area (Å²) in [5.74, 6) is -0.959. The van der Waals surface area contributed by atoms with Gasteiger partial charge in [0.2, 0.25) is 5.91 Å². The van der Waals surface area contributed by atoms with E-state index in [2.05, 4.69) is 5.32 Å². The lowest BCUT2D eigenvalue weighted by atomic mass is 10.3. The van der Waals surface area contributed by atoms with Crippen LogP contribution in [0.15, 0.2) is 11.6 Å². The number of carbonyl (C=O) groups excluding carboxylic acids is 1. The van der Waals surface area contributed by atoms with Gasteiger partial charge in [0.25, 0.3) is 0 Å². The summed E-state index contributed by atoms with van der Waals surface area (Å²) < 4.78 is 0. The Balaban J connectivity index is 4.15. The van der Waals surface area contributed by atoms with Crippen molar-refractivity contribution in [1.82, 2.24) is 10.2 Å². The van der Waals surface area contributed by atoms with Crippen molar-refractivity contribution in [2.75, 3.05) is 26.2 Å². The summed E-state index contributed by atoms with van der Waals surface area (Å²) in [6.07, 6.45) is 1.62. The number of carbonyl (C=O) groups is 2. The molecular weight excluding hydrogens is 208 g/mol. The lowest BCUT2D eigenvalue weighted by molar-refractivity contribution is -0.132. The minimum Gasteiger partial charge on any atom is -0.478 e. The van der Waals surface area contributed by atoms with Crippen molar-refractivity contribution in [3.63, 3.8) is 0 Å². The molecule has 0 aromatic rings. The Labute approximate surface area is 96.1 Å². The van der Waals surface area contributed by atoms with E-state index >= 15 is 0 Å². The van der Waals surface area contributed by atoms with Crippen LogP contribution in [0, 0.1) is 0 Å². The Kier molecular flexibility index (Phi) is 7.20. The highest BCUT2D eigenvalue weighted by molar-refractivity contribution is 5.85. The molecule has 0 atom stereocenters. The lowest BCUT2D eigenvalue weighted by Crippen LogP contribution is -2.37. The van der Waals surface area contributed by atoms with Gasteiger partial charge in [0.1, 0.15) is 0 Å². The number of carboxylic acid groups (broad SMARTS) is 1. The average molecular weight is 228 g/mol. The average Bonchev–Trinajstić information content (AvgIpc) is 2.23. The zero-order valence-electron chi connectivity index (χ0n) is 10.1. The van der Waals surface area contributed by atoms with E-state index in [1.807, 2.05) is 18.7 Å². The minimum absolute atomic E-state index is 0.0364. The van der Waals surface area contributed by atoms with E-state index in [0.717, 1.165) is 0 Å². The van der Waals surface area contributed by atoms with Crippen LogP contribution in [-0.2, 0) is 9.59 Å². The molecule has 0 rings (SSSR count). The zero-order chi connectivity index (χ0) is 12.6. The highest BCUT2D eigenvalue weighted by Crippen LogP contribution is 1.95. The highest BCUT2D eigenvalue weighted by atomic mass is 16.4. The number of amides is 1. The van der Waals surface area contributed by atoms with Crippen LogP contribution in [0.1, 0.15) is 20.8 Å². The summed E-state index contributed by atoms with van der Waals surface area (Å²) in [6.45, 7) is 7.44. The van der Waals surface area contributed by atoms with Gasteiger partial charge in [0.15, 0.2) is 0 Å². The molecule has 2 N–H and O–H groups in total. The quantitative estimate of drug-likeness (QED) is 0.622. The highest BCUT2D eigenvalue weighted by Gasteiger charge is 2.07. The fourth-order valence-corrected chi connectivity index (χ4v) is 1.11. The van der Waals surface area contributed by atoms with Gasteiger partial charge in [-0.25, -0.2) is 4.79 Å². The van der Waals surface area contributed by atoms with E-state index in [9.17, 15) is 9.59 Å². The van der Waals surface area contributed by atoms with Gasteiger partial charge < -0.3 is 10.4 Å². The number of likely N-dealkylation sites (N-methyl/N-ethyl adjacent to an activating group) is 2. The largest absolute Gasteiger partial charge is 0.478 e. The normalized spacial score (nSPS) is 11.6. The molecule has 1 amide bonds. The molecule has 0 unspecified atom stereocenters. The Morgan fingerprint density at radius 3 is 2.44 bits per heavy atom. The third-order valence-electron chi connectivity index (χ3n) is 2.18.